The van der Waals surface area contributed by atoms with Gasteiger partial charge in [-0.15, -0.1) is 16.4 Å². The van der Waals surface area contributed by atoms with E-state index >= 15 is 0 Å². The molecule has 0 unspecified atom stereocenters. The highest BCUT2D eigenvalue weighted by molar-refractivity contribution is 8.00. The van der Waals surface area contributed by atoms with Gasteiger partial charge < -0.3 is 5.32 Å². The number of anilines is 1. The summed E-state index contributed by atoms with van der Waals surface area (Å²) in [6.07, 6.45) is 1.27. The van der Waals surface area contributed by atoms with E-state index in [1.165, 1.54) is 0 Å². The van der Waals surface area contributed by atoms with Gasteiger partial charge in [0.1, 0.15) is 10.9 Å². The van der Waals surface area contributed by atoms with E-state index in [9.17, 15) is 4.79 Å². The van der Waals surface area contributed by atoms with Crippen molar-refractivity contribution in [1.29, 1.82) is 5.26 Å². The second-order valence-electron chi connectivity index (χ2n) is 6.66. The van der Waals surface area contributed by atoms with Crippen LogP contribution in [0.4, 0.5) is 5.69 Å². The number of rotatable bonds is 5. The van der Waals surface area contributed by atoms with E-state index in [1.54, 1.807) is 23.1 Å². The SMILES string of the molecule is N#CC1(C(=O)Nc2ccc3nc(SCn4nnc5ccccc54)sc3c2)CC1. The summed E-state index contributed by atoms with van der Waals surface area (Å²) in [6, 6.07) is 15.6. The van der Waals surface area contributed by atoms with E-state index in [0.29, 0.717) is 24.4 Å². The van der Waals surface area contributed by atoms with Gasteiger partial charge in [0.05, 0.1) is 27.7 Å². The second-order valence-corrected chi connectivity index (χ2v) is 8.88. The first-order valence-electron chi connectivity index (χ1n) is 8.71. The van der Waals surface area contributed by atoms with Crippen LogP contribution in [0.1, 0.15) is 12.8 Å². The predicted octanol–water partition coefficient (Wildman–Crippen LogP) is 4.03. The molecule has 7 nitrogen and oxygen atoms in total. The molecule has 0 bridgehead atoms. The lowest BCUT2D eigenvalue weighted by Crippen LogP contribution is -2.22. The first-order chi connectivity index (χ1) is 13.7. The average Bonchev–Trinajstić information content (AvgIpc) is 3.25. The Kier molecular flexibility index (Phi) is 4.03. The van der Waals surface area contributed by atoms with Crippen LogP contribution in [0.2, 0.25) is 0 Å². The number of benzene rings is 2. The summed E-state index contributed by atoms with van der Waals surface area (Å²) in [7, 11) is 0. The minimum absolute atomic E-state index is 0.216. The van der Waals surface area contributed by atoms with Gasteiger partial charge in [0.25, 0.3) is 0 Å². The number of fused-ring (bicyclic) bond motifs is 2. The number of nitriles is 1. The van der Waals surface area contributed by atoms with Crippen molar-refractivity contribution < 1.29 is 4.79 Å². The number of thioether (sulfide) groups is 1. The third kappa shape index (κ3) is 3.00. The Morgan fingerprint density at radius 3 is 2.96 bits per heavy atom. The first kappa shape index (κ1) is 17.2. The topological polar surface area (TPSA) is 96.5 Å². The van der Waals surface area contributed by atoms with E-state index in [1.807, 2.05) is 47.1 Å². The Bertz CT molecular complexity index is 1250. The fourth-order valence-corrected chi connectivity index (χ4v) is 4.92. The van der Waals surface area contributed by atoms with Crippen LogP contribution in [-0.4, -0.2) is 25.9 Å². The van der Waals surface area contributed by atoms with Crippen molar-refractivity contribution in [1.82, 2.24) is 20.0 Å². The molecule has 4 aromatic rings. The van der Waals surface area contributed by atoms with E-state index < -0.39 is 5.41 Å². The molecule has 2 aromatic heterocycles. The summed E-state index contributed by atoms with van der Waals surface area (Å²) in [5, 5.41) is 20.4. The van der Waals surface area contributed by atoms with Crippen molar-refractivity contribution >= 4 is 55.9 Å². The molecule has 2 aromatic carbocycles. The molecule has 28 heavy (non-hydrogen) atoms. The fraction of sp³-hybridized carbons (Fsp3) is 0.211. The molecule has 1 amide bonds. The second kappa shape index (κ2) is 6.58. The van der Waals surface area contributed by atoms with E-state index in [-0.39, 0.29) is 5.91 Å². The molecule has 2 heterocycles. The zero-order chi connectivity index (χ0) is 19.1. The fourth-order valence-electron chi connectivity index (χ4n) is 2.94. The molecule has 1 N–H and O–H groups in total. The maximum absolute atomic E-state index is 12.2. The van der Waals surface area contributed by atoms with Gasteiger partial charge in [0, 0.05) is 5.69 Å². The highest BCUT2D eigenvalue weighted by Crippen LogP contribution is 2.45. The van der Waals surface area contributed by atoms with E-state index in [2.05, 4.69) is 26.7 Å². The van der Waals surface area contributed by atoms with Crippen LogP contribution in [0, 0.1) is 16.7 Å². The number of hydrogen-bond donors (Lipinski definition) is 1. The van der Waals surface area contributed by atoms with Gasteiger partial charge in [0.2, 0.25) is 5.91 Å². The van der Waals surface area contributed by atoms with Crippen molar-refractivity contribution in [3.8, 4) is 6.07 Å². The summed E-state index contributed by atoms with van der Waals surface area (Å²) in [5.74, 6) is 0.403. The molecule has 5 rings (SSSR count). The van der Waals surface area contributed by atoms with Crippen LogP contribution in [0.25, 0.3) is 21.3 Å². The molecule has 0 spiro atoms. The quantitative estimate of drug-likeness (QED) is 0.503. The van der Waals surface area contributed by atoms with Gasteiger partial charge in [-0.3, -0.25) is 4.79 Å². The third-order valence-corrected chi connectivity index (χ3v) is 6.88. The summed E-state index contributed by atoms with van der Waals surface area (Å²) < 4.78 is 3.77. The zero-order valence-corrected chi connectivity index (χ0v) is 16.3. The lowest BCUT2D eigenvalue weighted by molar-refractivity contribution is -0.119. The Morgan fingerprint density at radius 1 is 1.29 bits per heavy atom. The van der Waals surface area contributed by atoms with Gasteiger partial charge in [-0.25, -0.2) is 9.67 Å². The molecule has 1 aliphatic carbocycles. The standard InChI is InChI=1S/C19H14N6OS2/c20-10-19(7-8-19)17(26)21-12-5-6-14-16(9-12)28-18(22-14)27-11-25-15-4-2-1-3-13(15)23-24-25/h1-6,9H,7-8,11H2,(H,21,26). The van der Waals surface area contributed by atoms with Gasteiger partial charge in [-0.05, 0) is 43.2 Å². The van der Waals surface area contributed by atoms with Crippen molar-refractivity contribution in [3.63, 3.8) is 0 Å². The summed E-state index contributed by atoms with van der Waals surface area (Å²) >= 11 is 3.16. The number of carbonyl (C=O) groups excluding carboxylic acids is 1. The van der Waals surface area contributed by atoms with Crippen molar-refractivity contribution in [2.45, 2.75) is 23.1 Å². The molecule has 1 fully saturated rings. The Hall–Kier alpha value is -2.96. The van der Waals surface area contributed by atoms with Crippen LogP contribution in [0.5, 0.6) is 0 Å². The van der Waals surface area contributed by atoms with Gasteiger partial charge >= 0.3 is 0 Å². The molecule has 0 aliphatic heterocycles. The molecule has 0 atom stereocenters. The van der Waals surface area contributed by atoms with Crippen LogP contribution >= 0.6 is 23.1 Å². The molecule has 0 saturated heterocycles. The van der Waals surface area contributed by atoms with E-state index in [4.69, 9.17) is 5.26 Å². The Balaban J connectivity index is 1.32. The molecular formula is C19H14N6OS2. The van der Waals surface area contributed by atoms with Crippen LogP contribution in [0.15, 0.2) is 46.8 Å². The highest BCUT2D eigenvalue weighted by atomic mass is 32.2. The van der Waals surface area contributed by atoms with Crippen molar-refractivity contribution in [2.24, 2.45) is 5.41 Å². The zero-order valence-electron chi connectivity index (χ0n) is 14.6. The van der Waals surface area contributed by atoms with Crippen LogP contribution < -0.4 is 5.32 Å². The Morgan fingerprint density at radius 2 is 2.14 bits per heavy atom. The Labute approximate surface area is 168 Å². The van der Waals surface area contributed by atoms with Crippen molar-refractivity contribution in [2.75, 3.05) is 5.32 Å². The molecule has 0 radical (unpaired) electrons. The minimum atomic E-state index is -0.829. The number of aromatic nitrogens is 4. The molecule has 138 valence electrons. The number of thiazole rings is 1. The normalized spacial score (nSPS) is 14.8. The lowest BCUT2D eigenvalue weighted by atomic mass is 10.1. The maximum Gasteiger partial charge on any atom is 0.244 e. The smallest absolute Gasteiger partial charge is 0.244 e. The maximum atomic E-state index is 12.2. The number of carbonyl (C=O) groups is 1. The van der Waals surface area contributed by atoms with Crippen LogP contribution in [-0.2, 0) is 10.7 Å². The largest absolute Gasteiger partial charge is 0.325 e. The highest BCUT2D eigenvalue weighted by Gasteiger charge is 2.50. The molecule has 1 aliphatic rings. The monoisotopic (exact) mass is 406 g/mol. The van der Waals surface area contributed by atoms with E-state index in [0.717, 1.165) is 25.6 Å². The average molecular weight is 406 g/mol. The minimum Gasteiger partial charge on any atom is -0.325 e. The number of amides is 1. The first-order valence-corrected chi connectivity index (χ1v) is 10.5. The molecular weight excluding hydrogens is 392 g/mol. The summed E-state index contributed by atoms with van der Waals surface area (Å²) in [5.41, 5.74) is 2.62. The summed E-state index contributed by atoms with van der Waals surface area (Å²) in [4.78, 5) is 16.9. The number of nitrogens with zero attached hydrogens (tertiary/aromatic N) is 5. The third-order valence-electron chi connectivity index (χ3n) is 4.76. The lowest BCUT2D eigenvalue weighted by Gasteiger charge is -2.07. The van der Waals surface area contributed by atoms with Crippen molar-refractivity contribution in [3.05, 3.63) is 42.5 Å². The van der Waals surface area contributed by atoms with Gasteiger partial charge in [0.15, 0.2) is 4.34 Å². The number of nitrogens with one attached hydrogen (secondary N) is 1. The molecule has 9 heteroatoms. The van der Waals surface area contributed by atoms with Crippen LogP contribution in [0.3, 0.4) is 0 Å². The number of hydrogen-bond acceptors (Lipinski definition) is 7. The predicted molar refractivity (Wildman–Crippen MR) is 109 cm³/mol. The van der Waals surface area contributed by atoms with Gasteiger partial charge in [-0.1, -0.05) is 29.1 Å². The molecule has 1 saturated carbocycles. The van der Waals surface area contributed by atoms with Gasteiger partial charge in [-0.2, -0.15) is 5.26 Å². The number of para-hydroxylation sites is 1. The summed E-state index contributed by atoms with van der Waals surface area (Å²) in [6.45, 7) is 0.